The molecule has 0 unspecified atom stereocenters. The third kappa shape index (κ3) is 7.39. The summed E-state index contributed by atoms with van der Waals surface area (Å²) in [5.41, 5.74) is 0.553. The molecule has 0 bridgehead atoms. The number of rotatable bonds is 9. The van der Waals surface area contributed by atoms with Crippen LogP contribution in [0.15, 0.2) is 12.2 Å². The number of carbonyl (C=O) groups is 1. The predicted molar refractivity (Wildman–Crippen MR) is 84.1 cm³/mol. The average molecular weight is 267 g/mol. The van der Waals surface area contributed by atoms with Gasteiger partial charge in [-0.15, -0.1) is 0 Å². The van der Waals surface area contributed by atoms with E-state index in [1.807, 2.05) is 0 Å². The van der Waals surface area contributed by atoms with Crippen LogP contribution >= 0.6 is 0 Å². The first-order chi connectivity index (χ1) is 8.72. The summed E-state index contributed by atoms with van der Waals surface area (Å²) in [6, 6.07) is 0. The van der Waals surface area contributed by atoms with Crippen LogP contribution in [0.25, 0.3) is 0 Å². The van der Waals surface area contributed by atoms with Crippen LogP contribution in [0, 0.1) is 11.8 Å². The number of nitrogens with one attached hydrogen (secondary N) is 1. The third-order valence-electron chi connectivity index (χ3n) is 3.84. The van der Waals surface area contributed by atoms with Gasteiger partial charge in [0, 0.05) is 11.1 Å². The molecule has 0 aromatic rings. The summed E-state index contributed by atoms with van der Waals surface area (Å²) in [7, 11) is 0. The molecule has 19 heavy (non-hydrogen) atoms. The van der Waals surface area contributed by atoms with Gasteiger partial charge in [0.15, 0.2) is 0 Å². The second kappa shape index (κ2) is 8.39. The molecule has 0 heterocycles. The van der Waals surface area contributed by atoms with E-state index in [9.17, 15) is 4.79 Å². The van der Waals surface area contributed by atoms with Crippen molar-refractivity contribution >= 4 is 5.91 Å². The minimum absolute atomic E-state index is 0.00867. The van der Waals surface area contributed by atoms with Crippen molar-refractivity contribution in [2.75, 3.05) is 0 Å². The van der Waals surface area contributed by atoms with Crippen molar-refractivity contribution < 1.29 is 4.79 Å². The van der Waals surface area contributed by atoms with Crippen molar-refractivity contribution in [3.05, 3.63) is 12.2 Å². The second-order valence-electron chi connectivity index (χ2n) is 6.73. The molecule has 0 spiro atoms. The number of amides is 1. The zero-order valence-electron chi connectivity index (χ0n) is 13.8. The van der Waals surface area contributed by atoms with Gasteiger partial charge >= 0.3 is 0 Å². The topological polar surface area (TPSA) is 29.1 Å². The zero-order valence-corrected chi connectivity index (χ0v) is 13.8. The van der Waals surface area contributed by atoms with Crippen LogP contribution < -0.4 is 5.32 Å². The Morgan fingerprint density at radius 3 is 1.79 bits per heavy atom. The summed E-state index contributed by atoms with van der Waals surface area (Å²) >= 11 is 0. The highest BCUT2D eigenvalue weighted by atomic mass is 16.1. The molecule has 0 radical (unpaired) electrons. The monoisotopic (exact) mass is 267 g/mol. The van der Waals surface area contributed by atoms with Crippen LogP contribution in [0.2, 0.25) is 0 Å². The molecule has 0 aromatic heterocycles. The Kier molecular flexibility index (Phi) is 8.05. The molecule has 1 N–H and O–H groups in total. The fourth-order valence-corrected chi connectivity index (χ4v) is 2.17. The van der Waals surface area contributed by atoms with E-state index in [0.29, 0.717) is 17.4 Å². The summed E-state index contributed by atoms with van der Waals surface area (Å²) in [5.74, 6) is 1.35. The van der Waals surface area contributed by atoms with Crippen molar-refractivity contribution in [1.82, 2.24) is 5.32 Å². The normalized spacial score (nSPS) is 12.0. The Balaban J connectivity index is 4.82. The predicted octanol–water partition coefficient (Wildman–Crippen LogP) is 4.70. The smallest absolute Gasteiger partial charge is 0.246 e. The van der Waals surface area contributed by atoms with Gasteiger partial charge in [0.25, 0.3) is 0 Å². The maximum absolute atomic E-state index is 12.0. The first kappa shape index (κ1) is 18.2. The van der Waals surface area contributed by atoms with Crippen molar-refractivity contribution in [3.63, 3.8) is 0 Å². The maximum Gasteiger partial charge on any atom is 0.246 e. The van der Waals surface area contributed by atoms with Gasteiger partial charge in [-0.2, -0.15) is 0 Å². The van der Waals surface area contributed by atoms with E-state index in [1.165, 1.54) is 0 Å². The molecule has 0 saturated carbocycles. The Hall–Kier alpha value is -0.790. The van der Waals surface area contributed by atoms with E-state index in [-0.39, 0.29) is 11.4 Å². The first-order valence-corrected chi connectivity index (χ1v) is 7.70. The van der Waals surface area contributed by atoms with Crippen molar-refractivity contribution in [3.8, 4) is 0 Å². The molecular weight excluding hydrogens is 234 g/mol. The summed E-state index contributed by atoms with van der Waals surface area (Å²) in [5, 5.41) is 3.25. The standard InChI is InChI=1S/C17H33NO/c1-8-17(11-9-13(2)3,12-10-14(4)5)18-16(19)15(6)7/h13-14H,6,8-12H2,1-5,7H3,(H,18,19). The van der Waals surface area contributed by atoms with Gasteiger partial charge in [-0.1, -0.05) is 41.2 Å². The molecule has 0 aliphatic carbocycles. The second-order valence-corrected chi connectivity index (χ2v) is 6.73. The lowest BCUT2D eigenvalue weighted by atomic mass is 9.81. The number of hydrogen-bond donors (Lipinski definition) is 1. The molecule has 0 fully saturated rings. The Labute approximate surface area is 120 Å². The minimum Gasteiger partial charge on any atom is -0.347 e. The molecule has 0 saturated heterocycles. The molecule has 2 heteroatoms. The fraction of sp³-hybridized carbons (Fsp3) is 0.824. The molecule has 0 atom stereocenters. The minimum atomic E-state index is -0.0510. The molecule has 0 aliphatic heterocycles. The third-order valence-corrected chi connectivity index (χ3v) is 3.84. The van der Waals surface area contributed by atoms with Crippen molar-refractivity contribution in [2.24, 2.45) is 11.8 Å². The summed E-state index contributed by atoms with van der Waals surface area (Å²) in [4.78, 5) is 12.0. The first-order valence-electron chi connectivity index (χ1n) is 7.70. The molecular formula is C17H33NO. The van der Waals surface area contributed by atoms with Gasteiger partial charge < -0.3 is 5.32 Å². The van der Waals surface area contributed by atoms with E-state index in [0.717, 1.165) is 32.1 Å². The lowest BCUT2D eigenvalue weighted by Gasteiger charge is -2.35. The SMILES string of the molecule is C=C(C)C(=O)NC(CC)(CCC(C)C)CCC(C)C. The molecule has 0 rings (SSSR count). The molecule has 0 aromatic carbocycles. The van der Waals surface area contributed by atoms with E-state index >= 15 is 0 Å². The van der Waals surface area contributed by atoms with Crippen molar-refractivity contribution in [2.45, 2.75) is 79.2 Å². The highest BCUT2D eigenvalue weighted by Crippen LogP contribution is 2.28. The van der Waals surface area contributed by atoms with Crippen LogP contribution in [0.3, 0.4) is 0 Å². The average Bonchev–Trinajstić information content (AvgIpc) is 2.32. The Morgan fingerprint density at radius 1 is 1.11 bits per heavy atom. The molecule has 2 nitrogen and oxygen atoms in total. The van der Waals surface area contributed by atoms with Gasteiger partial charge in [0.2, 0.25) is 5.91 Å². The zero-order chi connectivity index (χ0) is 15.1. The lowest BCUT2D eigenvalue weighted by molar-refractivity contribution is -0.119. The van der Waals surface area contributed by atoms with Crippen LogP contribution in [-0.2, 0) is 4.79 Å². The van der Waals surface area contributed by atoms with Crippen LogP contribution in [0.4, 0.5) is 0 Å². The molecule has 0 aliphatic rings. The van der Waals surface area contributed by atoms with E-state index in [2.05, 4.69) is 46.5 Å². The van der Waals surface area contributed by atoms with Crippen LogP contribution in [0.5, 0.6) is 0 Å². The van der Waals surface area contributed by atoms with Gasteiger partial charge in [0.05, 0.1) is 0 Å². The Morgan fingerprint density at radius 2 is 1.53 bits per heavy atom. The largest absolute Gasteiger partial charge is 0.347 e. The summed E-state index contributed by atoms with van der Waals surface area (Å²) in [6.07, 6.45) is 5.43. The number of carbonyl (C=O) groups excluding carboxylic acids is 1. The Bertz CT molecular complexity index is 280. The van der Waals surface area contributed by atoms with E-state index in [4.69, 9.17) is 0 Å². The van der Waals surface area contributed by atoms with Gasteiger partial charge in [-0.25, -0.2) is 0 Å². The van der Waals surface area contributed by atoms with Crippen molar-refractivity contribution in [1.29, 1.82) is 0 Å². The van der Waals surface area contributed by atoms with Gasteiger partial charge in [-0.3, -0.25) is 4.79 Å². The molecule has 1 amide bonds. The fourth-order valence-electron chi connectivity index (χ4n) is 2.17. The van der Waals surface area contributed by atoms with Crippen LogP contribution in [0.1, 0.15) is 73.6 Å². The summed E-state index contributed by atoms with van der Waals surface area (Å²) < 4.78 is 0. The maximum atomic E-state index is 12.0. The highest BCUT2D eigenvalue weighted by Gasteiger charge is 2.29. The van der Waals surface area contributed by atoms with Crippen LogP contribution in [-0.4, -0.2) is 11.4 Å². The molecule has 112 valence electrons. The van der Waals surface area contributed by atoms with E-state index in [1.54, 1.807) is 6.92 Å². The van der Waals surface area contributed by atoms with Gasteiger partial charge in [0.1, 0.15) is 0 Å². The lowest BCUT2D eigenvalue weighted by Crippen LogP contribution is -2.48. The van der Waals surface area contributed by atoms with E-state index < -0.39 is 0 Å². The number of hydrogen-bond acceptors (Lipinski definition) is 1. The summed E-state index contributed by atoms with van der Waals surface area (Å²) in [6.45, 7) is 16.7. The quantitative estimate of drug-likeness (QED) is 0.603. The van der Waals surface area contributed by atoms with Gasteiger partial charge in [-0.05, 0) is 50.9 Å². The highest BCUT2D eigenvalue weighted by molar-refractivity contribution is 5.92.